The Morgan fingerprint density at radius 1 is 0.818 bits per heavy atom. The average Bonchev–Trinajstić information content (AvgIpc) is 2.56. The Morgan fingerprint density at radius 3 is 1.86 bits per heavy atom. The van der Waals surface area contributed by atoms with Gasteiger partial charge in [-0.05, 0) is 42.7 Å². The van der Waals surface area contributed by atoms with E-state index in [2.05, 4.69) is 16.9 Å². The van der Waals surface area contributed by atoms with Gasteiger partial charge in [-0.15, -0.1) is 0 Å². The summed E-state index contributed by atoms with van der Waals surface area (Å²) in [7, 11) is 0. The molecule has 4 heteroatoms. The molecule has 0 radical (unpaired) electrons. The number of hydrogen-bond acceptors (Lipinski definition) is 4. The number of aliphatic imine (C=N–C) groups is 2. The van der Waals surface area contributed by atoms with E-state index in [1.165, 1.54) is 30.6 Å². The van der Waals surface area contributed by atoms with E-state index in [0.717, 1.165) is 6.42 Å². The minimum atomic E-state index is 0.646. The summed E-state index contributed by atoms with van der Waals surface area (Å²) in [6, 6.07) is 16.7. The fourth-order valence-electron chi connectivity index (χ4n) is 1.73. The third-order valence-electron chi connectivity index (χ3n) is 2.86. The lowest BCUT2D eigenvalue weighted by Gasteiger charge is -1.98. The largest absolute Gasteiger partial charge is 0.240 e. The second-order valence-electron chi connectivity index (χ2n) is 4.51. The van der Waals surface area contributed by atoms with E-state index >= 15 is 0 Å². The fourth-order valence-corrected chi connectivity index (χ4v) is 1.73. The first-order valence-corrected chi connectivity index (χ1v) is 7.10. The first-order valence-electron chi connectivity index (χ1n) is 7.10. The van der Waals surface area contributed by atoms with Gasteiger partial charge in [-0.3, -0.25) is 0 Å². The Balaban J connectivity index is 0.000000235. The SMILES string of the molecule is CCCCc1ccc(N=C=O)cc1.O=C=Nc1ccccc1. The van der Waals surface area contributed by atoms with Crippen LogP contribution in [0.2, 0.25) is 0 Å². The maximum absolute atomic E-state index is 9.94. The molecule has 0 unspecified atom stereocenters. The molecule has 0 aromatic heterocycles. The van der Waals surface area contributed by atoms with Crippen molar-refractivity contribution >= 4 is 23.5 Å². The molecule has 0 spiro atoms. The average molecular weight is 294 g/mol. The second kappa shape index (κ2) is 10.9. The van der Waals surface area contributed by atoms with E-state index in [1.807, 2.05) is 42.5 Å². The lowest BCUT2D eigenvalue weighted by Crippen LogP contribution is -1.82. The number of aryl methyl sites for hydroxylation is 1. The van der Waals surface area contributed by atoms with Gasteiger partial charge in [0.25, 0.3) is 0 Å². The Hall–Kier alpha value is -2.80. The van der Waals surface area contributed by atoms with Crippen LogP contribution in [0.15, 0.2) is 64.6 Å². The van der Waals surface area contributed by atoms with Crippen LogP contribution in [0, 0.1) is 0 Å². The number of para-hydroxylation sites is 1. The van der Waals surface area contributed by atoms with Crippen LogP contribution >= 0.6 is 0 Å². The van der Waals surface area contributed by atoms with Crippen molar-refractivity contribution < 1.29 is 9.59 Å². The zero-order valence-electron chi connectivity index (χ0n) is 12.5. The standard InChI is InChI=1S/C11H13NO.C7H5NO/c1-2-3-4-10-5-7-11(8-6-10)12-9-13;9-6-8-7-4-2-1-3-5-7/h5-8H,2-4H2,1H3;1-5H. The molecule has 0 saturated heterocycles. The fraction of sp³-hybridized carbons (Fsp3) is 0.222. The van der Waals surface area contributed by atoms with Crippen LogP contribution in [-0.2, 0) is 16.0 Å². The first kappa shape index (κ1) is 17.3. The van der Waals surface area contributed by atoms with Crippen LogP contribution in [0.3, 0.4) is 0 Å². The van der Waals surface area contributed by atoms with Crippen molar-refractivity contribution in [2.75, 3.05) is 0 Å². The Labute approximate surface area is 130 Å². The van der Waals surface area contributed by atoms with E-state index in [-0.39, 0.29) is 0 Å². The van der Waals surface area contributed by atoms with Gasteiger partial charge < -0.3 is 0 Å². The number of unbranched alkanes of at least 4 members (excludes halogenated alkanes) is 1. The van der Waals surface area contributed by atoms with Gasteiger partial charge in [0.15, 0.2) is 0 Å². The molecule has 0 fully saturated rings. The number of benzene rings is 2. The van der Waals surface area contributed by atoms with Gasteiger partial charge in [-0.1, -0.05) is 43.7 Å². The molecule has 0 saturated carbocycles. The van der Waals surface area contributed by atoms with Crippen molar-refractivity contribution in [3.63, 3.8) is 0 Å². The molecular weight excluding hydrogens is 276 g/mol. The lowest BCUT2D eigenvalue weighted by molar-refractivity contribution is 0.564. The van der Waals surface area contributed by atoms with Crippen LogP contribution in [-0.4, -0.2) is 12.2 Å². The molecule has 0 atom stereocenters. The third kappa shape index (κ3) is 7.11. The second-order valence-corrected chi connectivity index (χ2v) is 4.51. The predicted molar refractivity (Wildman–Crippen MR) is 87.1 cm³/mol. The number of rotatable bonds is 5. The van der Waals surface area contributed by atoms with E-state index in [1.54, 1.807) is 12.1 Å². The highest BCUT2D eigenvalue weighted by Gasteiger charge is 1.92. The summed E-state index contributed by atoms with van der Waals surface area (Å²) < 4.78 is 0. The normalized spacial score (nSPS) is 8.77. The zero-order chi connectivity index (χ0) is 16.0. The molecule has 0 aliphatic heterocycles. The van der Waals surface area contributed by atoms with Gasteiger partial charge in [0, 0.05) is 0 Å². The number of carbonyl (C=O) groups excluding carboxylic acids is 2. The van der Waals surface area contributed by atoms with E-state index in [0.29, 0.717) is 11.4 Å². The minimum absolute atomic E-state index is 0.646. The monoisotopic (exact) mass is 294 g/mol. The molecule has 4 nitrogen and oxygen atoms in total. The van der Waals surface area contributed by atoms with Gasteiger partial charge in [0.2, 0.25) is 12.2 Å². The van der Waals surface area contributed by atoms with Crippen molar-refractivity contribution in [2.24, 2.45) is 9.98 Å². The first-order chi connectivity index (χ1) is 10.8. The van der Waals surface area contributed by atoms with Gasteiger partial charge in [-0.2, -0.15) is 9.98 Å². The Bertz CT molecular complexity index is 639. The third-order valence-corrected chi connectivity index (χ3v) is 2.86. The van der Waals surface area contributed by atoms with E-state index in [4.69, 9.17) is 0 Å². The van der Waals surface area contributed by atoms with Gasteiger partial charge >= 0.3 is 0 Å². The molecule has 0 aliphatic carbocycles. The van der Waals surface area contributed by atoms with Gasteiger partial charge in [-0.25, -0.2) is 9.59 Å². The summed E-state index contributed by atoms with van der Waals surface area (Å²) in [6.07, 6.45) is 6.49. The molecule has 0 bridgehead atoms. The molecule has 2 rings (SSSR count). The zero-order valence-corrected chi connectivity index (χ0v) is 12.5. The van der Waals surface area contributed by atoms with Crippen LogP contribution < -0.4 is 0 Å². The number of isocyanates is 2. The molecule has 0 amide bonds. The van der Waals surface area contributed by atoms with Crippen molar-refractivity contribution in [1.82, 2.24) is 0 Å². The quantitative estimate of drug-likeness (QED) is 0.595. The van der Waals surface area contributed by atoms with Gasteiger partial charge in [0.05, 0.1) is 11.4 Å². The highest BCUT2D eigenvalue weighted by molar-refractivity contribution is 5.49. The molecule has 2 aromatic rings. The highest BCUT2D eigenvalue weighted by atomic mass is 16.1. The summed E-state index contributed by atoms with van der Waals surface area (Å²) in [5, 5.41) is 0. The summed E-state index contributed by atoms with van der Waals surface area (Å²) >= 11 is 0. The maximum atomic E-state index is 9.94. The summed E-state index contributed by atoms with van der Waals surface area (Å²) in [5.41, 5.74) is 2.62. The van der Waals surface area contributed by atoms with Crippen molar-refractivity contribution in [3.8, 4) is 0 Å². The predicted octanol–water partition coefficient (Wildman–Crippen LogP) is 4.65. The van der Waals surface area contributed by atoms with Gasteiger partial charge in [0.1, 0.15) is 0 Å². The van der Waals surface area contributed by atoms with Crippen molar-refractivity contribution in [3.05, 3.63) is 60.2 Å². The van der Waals surface area contributed by atoms with Crippen LogP contribution in [0.1, 0.15) is 25.3 Å². The molecule has 2 aromatic carbocycles. The lowest BCUT2D eigenvalue weighted by atomic mass is 10.1. The van der Waals surface area contributed by atoms with Crippen LogP contribution in [0.25, 0.3) is 0 Å². The molecule has 0 heterocycles. The Morgan fingerprint density at radius 2 is 1.36 bits per heavy atom. The molecule has 22 heavy (non-hydrogen) atoms. The maximum Gasteiger partial charge on any atom is 0.240 e. The number of hydrogen-bond donors (Lipinski definition) is 0. The highest BCUT2D eigenvalue weighted by Crippen LogP contribution is 2.13. The van der Waals surface area contributed by atoms with Crippen LogP contribution in [0.5, 0.6) is 0 Å². The molecular formula is C18H18N2O2. The van der Waals surface area contributed by atoms with E-state index in [9.17, 15) is 9.59 Å². The summed E-state index contributed by atoms with van der Waals surface area (Å²) in [5.74, 6) is 0. The topological polar surface area (TPSA) is 58.9 Å². The smallest absolute Gasteiger partial charge is 0.211 e. The van der Waals surface area contributed by atoms with Crippen molar-refractivity contribution in [1.29, 1.82) is 0 Å². The minimum Gasteiger partial charge on any atom is -0.211 e. The Kier molecular flexibility index (Phi) is 8.57. The van der Waals surface area contributed by atoms with E-state index < -0.39 is 0 Å². The van der Waals surface area contributed by atoms with Crippen molar-refractivity contribution in [2.45, 2.75) is 26.2 Å². The van der Waals surface area contributed by atoms with Crippen LogP contribution in [0.4, 0.5) is 11.4 Å². The molecule has 0 aliphatic rings. The molecule has 0 N–H and O–H groups in total. The number of nitrogens with zero attached hydrogens (tertiary/aromatic N) is 2. The summed E-state index contributed by atoms with van der Waals surface area (Å²) in [4.78, 5) is 26.5. The summed E-state index contributed by atoms with van der Waals surface area (Å²) in [6.45, 7) is 2.17. The molecule has 112 valence electrons.